The van der Waals surface area contributed by atoms with Crippen LogP contribution in [0.5, 0.6) is 0 Å². The summed E-state index contributed by atoms with van der Waals surface area (Å²) in [4.78, 5) is 70.2. The van der Waals surface area contributed by atoms with Gasteiger partial charge in [-0.15, -0.1) is 0 Å². The largest absolute Gasteiger partial charge is 0.451 e. The fourth-order valence-corrected chi connectivity index (χ4v) is 2.97. The molecule has 13 heteroatoms. The highest BCUT2D eigenvalue weighted by molar-refractivity contribution is 6.24. The topological polar surface area (TPSA) is 179 Å². The number of nitrogens with one attached hydrogen (secondary N) is 1. The van der Waals surface area contributed by atoms with Crippen LogP contribution < -0.4 is 5.32 Å². The van der Waals surface area contributed by atoms with Gasteiger partial charge in [-0.25, -0.2) is 0 Å². The van der Waals surface area contributed by atoms with Gasteiger partial charge >= 0.3 is 5.97 Å². The van der Waals surface area contributed by atoms with Gasteiger partial charge < -0.3 is 10.1 Å². The van der Waals surface area contributed by atoms with Crippen LogP contribution in [0.4, 0.5) is 17.1 Å². The summed E-state index contributed by atoms with van der Waals surface area (Å²) in [7, 11) is 0. The Kier molecular flexibility index (Phi) is 5.91. The second-order valence-corrected chi connectivity index (χ2v) is 6.58. The van der Waals surface area contributed by atoms with Crippen LogP contribution in [0, 0.1) is 20.2 Å². The highest BCUT2D eigenvalue weighted by Crippen LogP contribution is 2.30. The first-order valence-corrected chi connectivity index (χ1v) is 8.98. The number of anilines is 1. The van der Waals surface area contributed by atoms with E-state index in [-0.39, 0.29) is 16.9 Å². The Morgan fingerprint density at radius 1 is 1.06 bits per heavy atom. The molecule has 1 heterocycles. The normalized spacial score (nSPS) is 13.3. The Morgan fingerprint density at radius 2 is 1.75 bits per heavy atom. The van der Waals surface area contributed by atoms with Gasteiger partial charge in [0.05, 0.1) is 15.4 Å². The molecule has 13 nitrogen and oxygen atoms in total. The number of fused-ring (bicyclic) bond motifs is 1. The molecular weight excluding hydrogens is 428 g/mol. The van der Waals surface area contributed by atoms with Crippen LogP contribution in [0.2, 0.25) is 0 Å². The fraction of sp³-hybridized carbons (Fsp3) is 0.158. The predicted octanol–water partition coefficient (Wildman–Crippen LogP) is 1.67. The van der Waals surface area contributed by atoms with Crippen molar-refractivity contribution in [2.45, 2.75) is 13.0 Å². The number of amides is 3. The highest BCUT2D eigenvalue weighted by Gasteiger charge is 2.42. The molecule has 0 fully saturated rings. The average Bonchev–Trinajstić information content (AvgIpc) is 2.98. The number of ether oxygens (including phenoxy) is 1. The van der Waals surface area contributed by atoms with Gasteiger partial charge in [0.15, 0.2) is 6.10 Å². The van der Waals surface area contributed by atoms with E-state index in [4.69, 9.17) is 4.74 Å². The van der Waals surface area contributed by atoms with E-state index >= 15 is 0 Å². The smallest absolute Gasteiger partial charge is 0.326 e. The van der Waals surface area contributed by atoms with E-state index in [0.717, 1.165) is 12.1 Å². The van der Waals surface area contributed by atoms with Crippen molar-refractivity contribution in [3.63, 3.8) is 0 Å². The Hall–Kier alpha value is -4.68. The number of rotatable bonds is 7. The van der Waals surface area contributed by atoms with Gasteiger partial charge in [-0.3, -0.25) is 44.3 Å². The fourth-order valence-electron chi connectivity index (χ4n) is 2.97. The first kappa shape index (κ1) is 22.0. The molecule has 2 aromatic rings. The highest BCUT2D eigenvalue weighted by atomic mass is 16.6. The molecule has 1 aliphatic rings. The van der Waals surface area contributed by atoms with Crippen molar-refractivity contribution in [1.29, 1.82) is 0 Å². The van der Waals surface area contributed by atoms with Gasteiger partial charge in [0.2, 0.25) is 0 Å². The number of hydrogen-bond donors (Lipinski definition) is 1. The van der Waals surface area contributed by atoms with Crippen molar-refractivity contribution in [3.05, 3.63) is 73.8 Å². The molecule has 3 amide bonds. The number of nitro benzene ring substituents is 2. The van der Waals surface area contributed by atoms with Crippen LogP contribution in [0.15, 0.2) is 42.5 Å². The number of nitro groups is 2. The van der Waals surface area contributed by atoms with E-state index in [1.54, 1.807) is 0 Å². The van der Waals surface area contributed by atoms with E-state index in [0.29, 0.717) is 4.90 Å². The summed E-state index contributed by atoms with van der Waals surface area (Å²) < 4.78 is 4.93. The molecule has 1 unspecified atom stereocenters. The molecule has 0 aromatic heterocycles. The number of benzene rings is 2. The maximum absolute atomic E-state index is 12.5. The maximum Gasteiger partial charge on any atom is 0.326 e. The average molecular weight is 442 g/mol. The molecule has 1 N–H and O–H groups in total. The molecule has 1 aliphatic heterocycles. The van der Waals surface area contributed by atoms with Crippen LogP contribution in [0.25, 0.3) is 0 Å². The lowest BCUT2D eigenvalue weighted by Crippen LogP contribution is -2.38. The molecule has 3 rings (SSSR count). The van der Waals surface area contributed by atoms with Gasteiger partial charge in [0.1, 0.15) is 12.1 Å². The molecule has 0 saturated carbocycles. The third-order valence-corrected chi connectivity index (χ3v) is 4.46. The van der Waals surface area contributed by atoms with Crippen LogP contribution in [-0.4, -0.2) is 51.1 Å². The van der Waals surface area contributed by atoms with Gasteiger partial charge in [0.25, 0.3) is 29.1 Å². The lowest BCUT2D eigenvalue weighted by molar-refractivity contribution is -0.385. The zero-order valence-electron chi connectivity index (χ0n) is 16.3. The molecule has 32 heavy (non-hydrogen) atoms. The Bertz CT molecular complexity index is 1180. The number of carbonyl (C=O) groups excluding carboxylic acids is 4. The van der Waals surface area contributed by atoms with E-state index in [1.807, 2.05) is 0 Å². The number of carbonyl (C=O) groups is 4. The van der Waals surface area contributed by atoms with Crippen LogP contribution in [0.1, 0.15) is 27.6 Å². The molecule has 164 valence electrons. The molecule has 0 saturated heterocycles. The second kappa shape index (κ2) is 8.59. The third-order valence-electron chi connectivity index (χ3n) is 4.46. The minimum Gasteiger partial charge on any atom is -0.451 e. The minimum absolute atomic E-state index is 0.0970. The standard InChI is InChI=1S/C19H14N4O9/c1-10(17(25)20-11-4-2-5-12(8-11)22(28)29)32-15(24)9-21-18(26)13-6-3-7-14(23(30)31)16(13)19(21)27/h2-8,10H,9H2,1H3,(H,20,25). The number of nitrogens with zero attached hydrogens (tertiary/aromatic N) is 3. The van der Waals surface area contributed by atoms with E-state index in [9.17, 15) is 39.4 Å². The summed E-state index contributed by atoms with van der Waals surface area (Å²) in [6, 6.07) is 8.61. The second-order valence-electron chi connectivity index (χ2n) is 6.58. The van der Waals surface area contributed by atoms with Crippen LogP contribution in [0.3, 0.4) is 0 Å². The van der Waals surface area contributed by atoms with Crippen LogP contribution >= 0.6 is 0 Å². The van der Waals surface area contributed by atoms with Crippen molar-refractivity contribution < 1.29 is 33.8 Å². The zero-order valence-corrected chi connectivity index (χ0v) is 16.3. The van der Waals surface area contributed by atoms with E-state index in [2.05, 4.69) is 5.32 Å². The van der Waals surface area contributed by atoms with Crippen molar-refractivity contribution >= 4 is 40.8 Å². The Balaban J connectivity index is 1.65. The third kappa shape index (κ3) is 4.26. The SMILES string of the molecule is CC(OC(=O)CN1C(=O)c2cccc([N+](=O)[O-])c2C1=O)C(=O)Nc1cccc([N+](=O)[O-])c1. The number of esters is 1. The van der Waals surface area contributed by atoms with Crippen LogP contribution in [-0.2, 0) is 14.3 Å². The molecule has 0 spiro atoms. The van der Waals surface area contributed by atoms with Gasteiger partial charge in [0, 0.05) is 23.9 Å². The summed E-state index contributed by atoms with van der Waals surface area (Å²) in [5, 5.41) is 24.3. The molecular formula is C19H14N4O9. The summed E-state index contributed by atoms with van der Waals surface area (Å²) in [5.74, 6) is -3.84. The molecule has 1 atom stereocenters. The first-order valence-electron chi connectivity index (χ1n) is 8.98. The van der Waals surface area contributed by atoms with Gasteiger partial charge in [-0.1, -0.05) is 12.1 Å². The van der Waals surface area contributed by atoms with Crippen molar-refractivity contribution in [3.8, 4) is 0 Å². The minimum atomic E-state index is -1.37. The Labute approximate surface area is 178 Å². The molecule has 0 radical (unpaired) electrons. The maximum atomic E-state index is 12.5. The summed E-state index contributed by atoms with van der Waals surface area (Å²) in [6.07, 6.45) is -1.37. The zero-order chi connectivity index (χ0) is 23.6. The predicted molar refractivity (Wildman–Crippen MR) is 106 cm³/mol. The number of imide groups is 1. The molecule has 2 aromatic carbocycles. The lowest BCUT2D eigenvalue weighted by Gasteiger charge is -2.16. The van der Waals surface area contributed by atoms with Crippen molar-refractivity contribution in [2.75, 3.05) is 11.9 Å². The molecule has 0 aliphatic carbocycles. The van der Waals surface area contributed by atoms with Gasteiger partial charge in [-0.05, 0) is 19.1 Å². The van der Waals surface area contributed by atoms with Gasteiger partial charge in [-0.2, -0.15) is 0 Å². The molecule has 0 bridgehead atoms. The summed E-state index contributed by atoms with van der Waals surface area (Å²) in [6.45, 7) is 0.357. The summed E-state index contributed by atoms with van der Waals surface area (Å²) in [5.41, 5.74) is -1.37. The number of non-ortho nitro benzene ring substituents is 1. The van der Waals surface area contributed by atoms with E-state index in [1.165, 1.54) is 37.3 Å². The lowest BCUT2D eigenvalue weighted by atomic mass is 10.1. The monoisotopic (exact) mass is 442 g/mol. The number of hydrogen-bond acceptors (Lipinski definition) is 9. The van der Waals surface area contributed by atoms with Crippen molar-refractivity contribution in [2.24, 2.45) is 0 Å². The van der Waals surface area contributed by atoms with E-state index < -0.39 is 57.4 Å². The Morgan fingerprint density at radius 3 is 2.41 bits per heavy atom. The first-order chi connectivity index (χ1) is 15.1. The quantitative estimate of drug-likeness (QED) is 0.289. The van der Waals surface area contributed by atoms with Crippen molar-refractivity contribution in [1.82, 2.24) is 4.90 Å². The summed E-state index contributed by atoms with van der Waals surface area (Å²) >= 11 is 0.